The van der Waals surface area contributed by atoms with Crippen LogP contribution in [-0.4, -0.2) is 16.1 Å². The lowest BCUT2D eigenvalue weighted by Gasteiger charge is -1.99. The molecule has 0 unspecified atom stereocenters. The maximum absolute atomic E-state index is 12.6. The van der Waals surface area contributed by atoms with Crippen molar-refractivity contribution >= 4 is 6.29 Å². The summed E-state index contributed by atoms with van der Waals surface area (Å²) in [7, 11) is 0. The quantitative estimate of drug-likeness (QED) is 0.677. The van der Waals surface area contributed by atoms with E-state index in [0.717, 1.165) is 12.0 Å². The first-order valence-electron chi connectivity index (χ1n) is 4.06. The van der Waals surface area contributed by atoms with Crippen molar-refractivity contribution < 1.29 is 9.18 Å². The van der Waals surface area contributed by atoms with E-state index >= 15 is 0 Å². The fraction of sp³-hybridized carbons (Fsp3) is 0. The van der Waals surface area contributed by atoms with E-state index in [1.165, 1.54) is 16.9 Å². The molecule has 2 aromatic rings. The average Bonchev–Trinajstić information content (AvgIpc) is 2.65. The van der Waals surface area contributed by atoms with Crippen molar-refractivity contribution in [3.8, 4) is 5.69 Å². The van der Waals surface area contributed by atoms with Gasteiger partial charge in [-0.25, -0.2) is 4.68 Å². The Balaban J connectivity index is 2.38. The van der Waals surface area contributed by atoms with Gasteiger partial charge in [0.05, 0.1) is 5.69 Å². The van der Waals surface area contributed by atoms with Crippen molar-refractivity contribution in [1.82, 2.24) is 9.78 Å². The molecular formula is C10H7FN2O. The number of carbonyl (C=O) groups is 1. The molecule has 70 valence electrons. The Morgan fingerprint density at radius 1 is 1.21 bits per heavy atom. The molecule has 0 saturated carbocycles. The minimum absolute atomic E-state index is 0.524. The van der Waals surface area contributed by atoms with Gasteiger partial charge in [-0.3, -0.25) is 4.79 Å². The van der Waals surface area contributed by atoms with Gasteiger partial charge in [0.15, 0.2) is 0 Å². The minimum atomic E-state index is -0.524. The first-order chi connectivity index (χ1) is 6.79. The number of aldehydes is 1. The topological polar surface area (TPSA) is 34.9 Å². The van der Waals surface area contributed by atoms with E-state index in [2.05, 4.69) is 5.10 Å². The van der Waals surface area contributed by atoms with E-state index in [1.54, 1.807) is 24.3 Å². The summed E-state index contributed by atoms with van der Waals surface area (Å²) in [6.45, 7) is 0. The maximum atomic E-state index is 12.6. The number of carbonyl (C=O) groups excluding carboxylic acids is 1. The number of rotatable bonds is 2. The summed E-state index contributed by atoms with van der Waals surface area (Å²) in [5, 5.41) is 3.60. The van der Waals surface area contributed by atoms with Crippen LogP contribution in [0, 0.1) is 5.95 Å². The first kappa shape index (κ1) is 8.62. The highest BCUT2D eigenvalue weighted by molar-refractivity contribution is 5.75. The van der Waals surface area contributed by atoms with Gasteiger partial charge in [0.25, 0.3) is 0 Å². The number of halogens is 1. The second kappa shape index (κ2) is 3.41. The normalized spacial score (nSPS) is 10.1. The number of aromatic nitrogens is 2. The van der Waals surface area contributed by atoms with Crippen molar-refractivity contribution in [2.75, 3.05) is 0 Å². The Hall–Kier alpha value is -1.97. The Bertz CT molecular complexity index is 447. The van der Waals surface area contributed by atoms with Gasteiger partial charge in [-0.1, -0.05) is 0 Å². The molecule has 0 aliphatic heterocycles. The lowest BCUT2D eigenvalue weighted by atomic mass is 10.2. The van der Waals surface area contributed by atoms with Crippen LogP contribution < -0.4 is 0 Å². The molecule has 1 heterocycles. The van der Waals surface area contributed by atoms with Crippen LogP contribution in [0.3, 0.4) is 0 Å². The van der Waals surface area contributed by atoms with E-state index in [1.807, 2.05) is 0 Å². The van der Waals surface area contributed by atoms with E-state index in [9.17, 15) is 9.18 Å². The maximum Gasteiger partial charge on any atom is 0.233 e. The number of benzene rings is 1. The van der Waals surface area contributed by atoms with Gasteiger partial charge in [-0.2, -0.15) is 4.39 Å². The molecular weight excluding hydrogens is 183 g/mol. The van der Waals surface area contributed by atoms with Gasteiger partial charge in [0.2, 0.25) is 5.95 Å². The zero-order valence-corrected chi connectivity index (χ0v) is 7.22. The number of hydrogen-bond donors (Lipinski definition) is 0. The van der Waals surface area contributed by atoms with Crippen LogP contribution in [-0.2, 0) is 0 Å². The van der Waals surface area contributed by atoms with Gasteiger partial charge < -0.3 is 0 Å². The Morgan fingerprint density at radius 3 is 2.43 bits per heavy atom. The lowest BCUT2D eigenvalue weighted by molar-refractivity contribution is 0.112. The highest BCUT2D eigenvalue weighted by Gasteiger charge is 1.99. The van der Waals surface area contributed by atoms with Crippen molar-refractivity contribution in [2.45, 2.75) is 0 Å². The molecule has 0 radical (unpaired) electrons. The van der Waals surface area contributed by atoms with E-state index in [-0.39, 0.29) is 0 Å². The highest BCUT2D eigenvalue weighted by atomic mass is 19.1. The molecule has 0 bridgehead atoms. The minimum Gasteiger partial charge on any atom is -0.298 e. The molecule has 0 aliphatic rings. The second-order valence-corrected chi connectivity index (χ2v) is 2.79. The third-order valence-corrected chi connectivity index (χ3v) is 1.85. The Labute approximate surface area is 79.8 Å². The molecule has 14 heavy (non-hydrogen) atoms. The summed E-state index contributed by atoms with van der Waals surface area (Å²) in [4.78, 5) is 10.4. The smallest absolute Gasteiger partial charge is 0.233 e. The van der Waals surface area contributed by atoms with E-state index < -0.39 is 5.95 Å². The van der Waals surface area contributed by atoms with Crippen molar-refractivity contribution in [1.29, 1.82) is 0 Å². The lowest BCUT2D eigenvalue weighted by Crippen LogP contribution is -1.95. The molecule has 0 spiro atoms. The van der Waals surface area contributed by atoms with Crippen molar-refractivity contribution in [2.24, 2.45) is 0 Å². The molecule has 1 aromatic heterocycles. The summed E-state index contributed by atoms with van der Waals surface area (Å²) in [5.74, 6) is -0.524. The summed E-state index contributed by atoms with van der Waals surface area (Å²) in [6, 6.07) is 7.99. The monoisotopic (exact) mass is 190 g/mol. The van der Waals surface area contributed by atoms with Gasteiger partial charge in [-0.15, -0.1) is 5.10 Å². The fourth-order valence-corrected chi connectivity index (χ4v) is 1.15. The standard InChI is InChI=1S/C10H7FN2O/c11-10-5-6-13(12-10)9-3-1-8(7-14)2-4-9/h1-7H. The average molecular weight is 190 g/mol. The van der Waals surface area contributed by atoms with E-state index in [0.29, 0.717) is 5.56 Å². The third-order valence-electron chi connectivity index (χ3n) is 1.85. The summed E-state index contributed by atoms with van der Waals surface area (Å²) in [5.41, 5.74) is 1.31. The summed E-state index contributed by atoms with van der Waals surface area (Å²) in [6.07, 6.45) is 2.28. The summed E-state index contributed by atoms with van der Waals surface area (Å²) >= 11 is 0. The van der Waals surface area contributed by atoms with Gasteiger partial charge in [-0.05, 0) is 24.3 Å². The summed E-state index contributed by atoms with van der Waals surface area (Å²) < 4.78 is 14.0. The molecule has 0 fully saturated rings. The van der Waals surface area contributed by atoms with Crippen LogP contribution in [0.5, 0.6) is 0 Å². The van der Waals surface area contributed by atoms with Crippen LogP contribution in [0.4, 0.5) is 4.39 Å². The molecule has 2 rings (SSSR count). The van der Waals surface area contributed by atoms with Crippen LogP contribution in [0.2, 0.25) is 0 Å². The van der Waals surface area contributed by atoms with Crippen LogP contribution in [0.1, 0.15) is 10.4 Å². The molecule has 0 atom stereocenters. The van der Waals surface area contributed by atoms with Crippen LogP contribution in [0.15, 0.2) is 36.5 Å². The van der Waals surface area contributed by atoms with Gasteiger partial charge >= 0.3 is 0 Å². The molecule has 0 saturated heterocycles. The second-order valence-electron chi connectivity index (χ2n) is 2.79. The predicted molar refractivity (Wildman–Crippen MR) is 48.9 cm³/mol. The largest absolute Gasteiger partial charge is 0.298 e. The van der Waals surface area contributed by atoms with Gasteiger partial charge in [0.1, 0.15) is 6.29 Å². The van der Waals surface area contributed by atoms with E-state index in [4.69, 9.17) is 0 Å². The third kappa shape index (κ3) is 1.54. The molecule has 1 aromatic carbocycles. The van der Waals surface area contributed by atoms with Crippen LogP contribution in [0.25, 0.3) is 5.69 Å². The zero-order chi connectivity index (χ0) is 9.97. The van der Waals surface area contributed by atoms with Gasteiger partial charge in [0, 0.05) is 17.8 Å². The molecule has 0 aliphatic carbocycles. The molecule has 4 heteroatoms. The van der Waals surface area contributed by atoms with Crippen LogP contribution >= 0.6 is 0 Å². The molecule has 0 amide bonds. The Kier molecular flexibility index (Phi) is 2.10. The number of hydrogen-bond acceptors (Lipinski definition) is 2. The zero-order valence-electron chi connectivity index (χ0n) is 7.22. The SMILES string of the molecule is O=Cc1ccc(-n2ccc(F)n2)cc1. The number of nitrogens with zero attached hydrogens (tertiary/aromatic N) is 2. The predicted octanol–water partition coefficient (Wildman–Crippen LogP) is 1.82. The van der Waals surface area contributed by atoms with Crippen molar-refractivity contribution in [3.63, 3.8) is 0 Å². The molecule has 0 N–H and O–H groups in total. The Morgan fingerprint density at radius 2 is 1.93 bits per heavy atom. The highest BCUT2D eigenvalue weighted by Crippen LogP contribution is 2.07. The molecule has 3 nitrogen and oxygen atoms in total. The first-order valence-corrected chi connectivity index (χ1v) is 4.06. The fourth-order valence-electron chi connectivity index (χ4n) is 1.15. The van der Waals surface area contributed by atoms with Crippen molar-refractivity contribution in [3.05, 3.63) is 48.0 Å².